The number of benzene rings is 2. The fraction of sp³-hybridized carbons (Fsp3) is 0.308. The van der Waals surface area contributed by atoms with Crippen LogP contribution < -0.4 is 15.6 Å². The molecular weight excluding hydrogens is 416 g/mol. The third kappa shape index (κ3) is 3.94. The van der Waals surface area contributed by atoms with Gasteiger partial charge in [0.15, 0.2) is 0 Å². The molecule has 1 amide bonds. The number of nitrogens with one attached hydrogen (secondary N) is 2. The Balaban J connectivity index is 1.59. The van der Waals surface area contributed by atoms with Crippen LogP contribution in [0.2, 0.25) is 0 Å². The van der Waals surface area contributed by atoms with Gasteiger partial charge >= 0.3 is 0 Å². The number of rotatable bonds is 6. The number of hydrogen-bond acceptors (Lipinski definition) is 6. The highest BCUT2D eigenvalue weighted by molar-refractivity contribution is 5.86. The van der Waals surface area contributed by atoms with Crippen LogP contribution in [0.4, 0.5) is 0 Å². The van der Waals surface area contributed by atoms with Crippen molar-refractivity contribution in [3.8, 4) is 11.5 Å². The average Bonchev–Trinajstić information content (AvgIpc) is 3.36. The van der Waals surface area contributed by atoms with Gasteiger partial charge in [-0.25, -0.2) is 10.9 Å². The smallest absolute Gasteiger partial charge is 0.242 e. The Bertz CT molecular complexity index is 1150. The van der Waals surface area contributed by atoms with Gasteiger partial charge in [0.2, 0.25) is 5.91 Å². The summed E-state index contributed by atoms with van der Waals surface area (Å²) in [5.41, 5.74) is 10.3. The number of nitrogens with zero attached hydrogens (tertiary/aromatic N) is 2. The van der Waals surface area contributed by atoms with Crippen LogP contribution in [0.15, 0.2) is 67.0 Å². The summed E-state index contributed by atoms with van der Waals surface area (Å²) in [7, 11) is 0. The molecule has 2 aliphatic heterocycles. The lowest BCUT2D eigenvalue weighted by Crippen LogP contribution is -2.41. The summed E-state index contributed by atoms with van der Waals surface area (Å²) < 4.78 is 5.76. The molecule has 5 rings (SSSR count). The molecule has 0 spiro atoms. The van der Waals surface area contributed by atoms with Crippen molar-refractivity contribution in [3.05, 3.63) is 89.2 Å². The summed E-state index contributed by atoms with van der Waals surface area (Å²) in [5.74, 6) is 0.901. The van der Waals surface area contributed by atoms with E-state index >= 15 is 0 Å². The van der Waals surface area contributed by atoms with Crippen LogP contribution in [-0.2, 0) is 11.3 Å². The predicted molar refractivity (Wildman–Crippen MR) is 124 cm³/mol. The zero-order chi connectivity index (χ0) is 22.9. The fourth-order valence-corrected chi connectivity index (χ4v) is 5.11. The van der Waals surface area contributed by atoms with E-state index in [0.29, 0.717) is 13.2 Å². The minimum Gasteiger partial charge on any atom is -0.508 e. The fourth-order valence-electron chi connectivity index (χ4n) is 5.11. The second kappa shape index (κ2) is 8.84. The van der Waals surface area contributed by atoms with E-state index < -0.39 is 6.04 Å². The van der Waals surface area contributed by atoms with Crippen molar-refractivity contribution in [2.45, 2.75) is 38.5 Å². The number of phenolic OH excluding ortho intramolecular Hbond substituents is 1. The highest BCUT2D eigenvalue weighted by Gasteiger charge is 2.55. The number of carbonyl (C=O) groups excluding carboxylic acids is 1. The average molecular weight is 445 g/mol. The maximum absolute atomic E-state index is 13.6. The van der Waals surface area contributed by atoms with E-state index in [1.165, 1.54) is 0 Å². The first-order valence-corrected chi connectivity index (χ1v) is 11.3. The molecule has 2 saturated heterocycles. The molecule has 170 valence electrons. The molecule has 7 heteroatoms. The lowest BCUT2D eigenvalue weighted by molar-refractivity contribution is -0.131. The molecule has 7 nitrogen and oxygen atoms in total. The summed E-state index contributed by atoms with van der Waals surface area (Å²) in [4.78, 5) is 19.8. The van der Waals surface area contributed by atoms with Gasteiger partial charge in [0.05, 0.1) is 18.7 Å². The number of aryl methyl sites for hydroxylation is 1. The number of likely N-dealkylation sites (tertiary alicyclic amines) is 1. The van der Waals surface area contributed by atoms with Crippen LogP contribution >= 0.6 is 0 Å². The van der Waals surface area contributed by atoms with Gasteiger partial charge in [0.25, 0.3) is 0 Å². The number of pyridine rings is 1. The molecule has 0 aliphatic carbocycles. The van der Waals surface area contributed by atoms with Crippen LogP contribution in [0.5, 0.6) is 11.5 Å². The van der Waals surface area contributed by atoms with Crippen molar-refractivity contribution >= 4 is 5.91 Å². The summed E-state index contributed by atoms with van der Waals surface area (Å²) in [6.07, 6.45) is 3.53. The van der Waals surface area contributed by atoms with E-state index in [2.05, 4.69) is 15.8 Å². The first-order valence-electron chi connectivity index (χ1n) is 11.3. The zero-order valence-corrected chi connectivity index (χ0v) is 18.7. The standard InChI is InChI=1S/C26H28N4O3/c1-3-33-19-8-4-7-18(13-19)25-22-23(20-12-16(2)9-10-21(20)31)28-29-24(22)26(32)30(25)15-17-6-5-11-27-14-17/h4-14,22-25,28-29,31H,3,15H2,1-2H3. The van der Waals surface area contributed by atoms with Crippen molar-refractivity contribution < 1.29 is 14.6 Å². The number of fused-ring (bicyclic) bond motifs is 1. The van der Waals surface area contributed by atoms with E-state index in [4.69, 9.17) is 4.74 Å². The molecule has 3 heterocycles. The highest BCUT2D eigenvalue weighted by Crippen LogP contribution is 2.49. The Morgan fingerprint density at radius 2 is 1.94 bits per heavy atom. The topological polar surface area (TPSA) is 86.7 Å². The van der Waals surface area contributed by atoms with E-state index in [1.54, 1.807) is 18.5 Å². The maximum Gasteiger partial charge on any atom is 0.242 e. The second-order valence-electron chi connectivity index (χ2n) is 8.66. The van der Waals surface area contributed by atoms with Crippen molar-refractivity contribution in [2.75, 3.05) is 6.61 Å². The molecule has 0 bridgehead atoms. The van der Waals surface area contributed by atoms with Crippen LogP contribution in [0.1, 0.15) is 41.3 Å². The molecule has 4 atom stereocenters. The van der Waals surface area contributed by atoms with Gasteiger partial charge in [-0.1, -0.05) is 35.9 Å². The quantitative estimate of drug-likeness (QED) is 0.540. The number of ether oxygens (including phenoxy) is 1. The summed E-state index contributed by atoms with van der Waals surface area (Å²) in [6, 6.07) is 16.6. The van der Waals surface area contributed by atoms with Crippen LogP contribution in [0, 0.1) is 12.8 Å². The molecule has 2 fully saturated rings. The monoisotopic (exact) mass is 444 g/mol. The molecule has 2 aromatic carbocycles. The second-order valence-corrected chi connectivity index (χ2v) is 8.66. The Morgan fingerprint density at radius 3 is 2.73 bits per heavy atom. The third-order valence-electron chi connectivity index (χ3n) is 6.52. The summed E-state index contributed by atoms with van der Waals surface area (Å²) in [6.45, 7) is 4.98. The van der Waals surface area contributed by atoms with Gasteiger partial charge in [0, 0.05) is 30.4 Å². The van der Waals surface area contributed by atoms with Crippen molar-refractivity contribution in [3.63, 3.8) is 0 Å². The van der Waals surface area contributed by atoms with Gasteiger partial charge in [-0.15, -0.1) is 0 Å². The molecule has 0 radical (unpaired) electrons. The summed E-state index contributed by atoms with van der Waals surface area (Å²) in [5, 5.41) is 10.7. The van der Waals surface area contributed by atoms with E-state index in [-0.39, 0.29) is 29.7 Å². The highest BCUT2D eigenvalue weighted by atomic mass is 16.5. The minimum absolute atomic E-state index is 0.0257. The number of hydrazine groups is 1. The molecular formula is C26H28N4O3. The normalized spacial score (nSPS) is 24.2. The van der Waals surface area contributed by atoms with Crippen molar-refractivity contribution in [1.29, 1.82) is 0 Å². The van der Waals surface area contributed by atoms with Gasteiger partial charge in [0.1, 0.15) is 17.5 Å². The molecule has 3 N–H and O–H groups in total. The van der Waals surface area contributed by atoms with Crippen LogP contribution in [0.3, 0.4) is 0 Å². The first kappa shape index (κ1) is 21.4. The van der Waals surface area contributed by atoms with Gasteiger partial charge in [-0.2, -0.15) is 0 Å². The lowest BCUT2D eigenvalue weighted by Gasteiger charge is -2.31. The third-order valence-corrected chi connectivity index (χ3v) is 6.52. The summed E-state index contributed by atoms with van der Waals surface area (Å²) >= 11 is 0. The largest absolute Gasteiger partial charge is 0.508 e. The SMILES string of the molecule is CCOc1cccc(C2C3C(NNC3c3cc(C)ccc3O)C(=O)N2Cc2cccnc2)c1. The zero-order valence-electron chi connectivity index (χ0n) is 18.7. The van der Waals surface area contributed by atoms with Gasteiger partial charge in [-0.3, -0.25) is 9.78 Å². The van der Waals surface area contributed by atoms with E-state index in [1.807, 2.05) is 67.3 Å². The van der Waals surface area contributed by atoms with E-state index in [9.17, 15) is 9.90 Å². The number of phenols is 1. The van der Waals surface area contributed by atoms with Crippen LogP contribution in [0.25, 0.3) is 0 Å². The number of amides is 1. The maximum atomic E-state index is 13.6. The number of aromatic nitrogens is 1. The van der Waals surface area contributed by atoms with Gasteiger partial charge in [-0.05, 0) is 49.2 Å². The Morgan fingerprint density at radius 1 is 1.09 bits per heavy atom. The number of aromatic hydroxyl groups is 1. The lowest BCUT2D eigenvalue weighted by atomic mass is 9.82. The molecule has 0 saturated carbocycles. The van der Waals surface area contributed by atoms with Crippen LogP contribution in [-0.4, -0.2) is 33.5 Å². The van der Waals surface area contributed by atoms with E-state index in [0.717, 1.165) is 28.0 Å². The molecule has 2 aliphatic rings. The molecule has 3 aromatic rings. The minimum atomic E-state index is -0.410. The Hall–Kier alpha value is -3.42. The predicted octanol–water partition coefficient (Wildman–Crippen LogP) is 3.41. The number of carbonyl (C=O) groups is 1. The Kier molecular flexibility index (Phi) is 5.74. The number of hydrogen-bond donors (Lipinski definition) is 3. The molecule has 33 heavy (non-hydrogen) atoms. The Labute approximate surface area is 193 Å². The van der Waals surface area contributed by atoms with Gasteiger partial charge < -0.3 is 14.7 Å². The first-order chi connectivity index (χ1) is 16.1. The van der Waals surface area contributed by atoms with Crippen molar-refractivity contribution in [2.24, 2.45) is 5.92 Å². The van der Waals surface area contributed by atoms with Crippen molar-refractivity contribution in [1.82, 2.24) is 20.7 Å². The molecule has 4 unspecified atom stereocenters. The molecule has 1 aromatic heterocycles.